The van der Waals surface area contributed by atoms with Crippen molar-refractivity contribution in [2.45, 2.75) is 18.8 Å². The molecular weight excluding hydrogens is 303 g/mol. The largest absolute Gasteiger partial charge is 0.355 e. The standard InChI is InChI=1S/C20H17FN2O/c1-22-20(24)18-17(12-8-10-14(21)11-9-12)15-4-2-3-5-16(15)23-19(18)13-6-7-13/h2-5,8-11,13H,6-7H2,1H3,(H,22,24). The van der Waals surface area contributed by atoms with Gasteiger partial charge in [0.1, 0.15) is 5.82 Å². The Kier molecular flexibility index (Phi) is 3.53. The number of para-hydroxylation sites is 1. The molecule has 0 unspecified atom stereocenters. The SMILES string of the molecule is CNC(=O)c1c(C2CC2)nc2ccccc2c1-c1ccc(F)cc1. The maximum absolute atomic E-state index is 13.4. The Morgan fingerprint density at radius 3 is 2.50 bits per heavy atom. The van der Waals surface area contributed by atoms with Crippen LogP contribution in [0.15, 0.2) is 48.5 Å². The highest BCUT2D eigenvalue weighted by molar-refractivity contribution is 6.09. The molecule has 1 amide bonds. The van der Waals surface area contributed by atoms with E-state index in [4.69, 9.17) is 4.98 Å². The number of carbonyl (C=O) groups is 1. The Labute approximate surface area is 139 Å². The molecule has 1 saturated carbocycles. The Hall–Kier alpha value is -2.75. The van der Waals surface area contributed by atoms with E-state index in [1.165, 1.54) is 12.1 Å². The number of hydrogen-bond acceptors (Lipinski definition) is 2. The van der Waals surface area contributed by atoms with E-state index in [0.29, 0.717) is 11.5 Å². The first-order valence-electron chi connectivity index (χ1n) is 8.09. The number of fused-ring (bicyclic) bond motifs is 1. The van der Waals surface area contributed by atoms with Gasteiger partial charge in [-0.1, -0.05) is 30.3 Å². The molecule has 1 heterocycles. The average molecular weight is 320 g/mol. The van der Waals surface area contributed by atoms with Crippen molar-refractivity contribution < 1.29 is 9.18 Å². The molecule has 0 saturated heterocycles. The number of nitrogens with one attached hydrogen (secondary N) is 1. The fraction of sp³-hybridized carbons (Fsp3) is 0.200. The summed E-state index contributed by atoms with van der Waals surface area (Å²) >= 11 is 0. The summed E-state index contributed by atoms with van der Waals surface area (Å²) in [6, 6.07) is 14.1. The minimum atomic E-state index is -0.291. The van der Waals surface area contributed by atoms with Gasteiger partial charge in [0.2, 0.25) is 0 Å². The third kappa shape index (κ3) is 2.44. The van der Waals surface area contributed by atoms with Gasteiger partial charge in [0.05, 0.1) is 16.8 Å². The lowest BCUT2D eigenvalue weighted by molar-refractivity contribution is 0.0962. The van der Waals surface area contributed by atoms with E-state index < -0.39 is 0 Å². The van der Waals surface area contributed by atoms with Crippen molar-refractivity contribution >= 4 is 16.8 Å². The zero-order chi connectivity index (χ0) is 16.7. The van der Waals surface area contributed by atoms with E-state index >= 15 is 0 Å². The van der Waals surface area contributed by atoms with Crippen molar-refractivity contribution in [3.8, 4) is 11.1 Å². The quantitative estimate of drug-likeness (QED) is 0.783. The third-order valence-electron chi connectivity index (χ3n) is 4.47. The second-order valence-corrected chi connectivity index (χ2v) is 6.12. The van der Waals surface area contributed by atoms with Crippen LogP contribution in [0.5, 0.6) is 0 Å². The summed E-state index contributed by atoms with van der Waals surface area (Å²) < 4.78 is 13.4. The molecule has 1 fully saturated rings. The highest BCUT2D eigenvalue weighted by atomic mass is 19.1. The number of halogens is 1. The van der Waals surface area contributed by atoms with Gasteiger partial charge in [-0.2, -0.15) is 0 Å². The van der Waals surface area contributed by atoms with Gasteiger partial charge in [-0.05, 0) is 36.6 Å². The summed E-state index contributed by atoms with van der Waals surface area (Å²) in [5.41, 5.74) is 4.00. The van der Waals surface area contributed by atoms with Crippen molar-refractivity contribution in [3.05, 3.63) is 65.6 Å². The predicted octanol–water partition coefficient (Wildman–Crippen LogP) is 4.28. The van der Waals surface area contributed by atoms with E-state index in [1.807, 2.05) is 24.3 Å². The number of carbonyl (C=O) groups excluding carboxylic acids is 1. The summed E-state index contributed by atoms with van der Waals surface area (Å²) in [6.45, 7) is 0. The smallest absolute Gasteiger partial charge is 0.253 e. The molecular formula is C20H17FN2O. The number of amides is 1. The molecule has 1 aliphatic carbocycles. The van der Waals surface area contributed by atoms with Gasteiger partial charge in [-0.25, -0.2) is 4.39 Å². The lowest BCUT2D eigenvalue weighted by atomic mass is 9.92. The number of benzene rings is 2. The van der Waals surface area contributed by atoms with E-state index in [0.717, 1.165) is 40.6 Å². The molecule has 3 nitrogen and oxygen atoms in total. The van der Waals surface area contributed by atoms with Gasteiger partial charge in [0.25, 0.3) is 5.91 Å². The number of hydrogen-bond donors (Lipinski definition) is 1. The van der Waals surface area contributed by atoms with Gasteiger partial charge in [-0.3, -0.25) is 9.78 Å². The molecule has 3 aromatic rings. The first-order chi connectivity index (χ1) is 11.7. The Morgan fingerprint density at radius 2 is 1.83 bits per heavy atom. The number of pyridine rings is 1. The minimum absolute atomic E-state index is 0.144. The number of nitrogens with zero attached hydrogens (tertiary/aromatic N) is 1. The van der Waals surface area contributed by atoms with Crippen LogP contribution in [0.4, 0.5) is 4.39 Å². The maximum Gasteiger partial charge on any atom is 0.253 e. The molecule has 1 aliphatic rings. The predicted molar refractivity (Wildman–Crippen MR) is 92.5 cm³/mol. The molecule has 0 aliphatic heterocycles. The van der Waals surface area contributed by atoms with Crippen LogP contribution in [0, 0.1) is 5.82 Å². The summed E-state index contributed by atoms with van der Waals surface area (Å²) in [6.07, 6.45) is 2.11. The van der Waals surface area contributed by atoms with Crippen molar-refractivity contribution in [2.24, 2.45) is 0 Å². The first-order valence-corrected chi connectivity index (χ1v) is 8.09. The summed E-state index contributed by atoms with van der Waals surface area (Å²) in [5.74, 6) is -0.100. The fourth-order valence-corrected chi connectivity index (χ4v) is 3.15. The third-order valence-corrected chi connectivity index (χ3v) is 4.47. The van der Waals surface area contributed by atoms with E-state index in [9.17, 15) is 9.18 Å². The molecule has 4 heteroatoms. The monoisotopic (exact) mass is 320 g/mol. The topological polar surface area (TPSA) is 42.0 Å². The normalized spacial score (nSPS) is 13.9. The number of rotatable bonds is 3. The van der Waals surface area contributed by atoms with Crippen LogP contribution in [-0.2, 0) is 0 Å². The highest BCUT2D eigenvalue weighted by Gasteiger charge is 2.32. The summed E-state index contributed by atoms with van der Waals surface area (Å²) in [7, 11) is 1.63. The van der Waals surface area contributed by atoms with Crippen molar-refractivity contribution in [3.63, 3.8) is 0 Å². The molecule has 0 spiro atoms. The molecule has 2 aromatic carbocycles. The second-order valence-electron chi connectivity index (χ2n) is 6.12. The molecule has 120 valence electrons. The molecule has 1 aromatic heterocycles. The molecule has 4 rings (SSSR count). The Bertz CT molecular complexity index is 930. The highest BCUT2D eigenvalue weighted by Crippen LogP contribution is 2.44. The van der Waals surface area contributed by atoms with Crippen molar-refractivity contribution in [2.75, 3.05) is 7.05 Å². The van der Waals surface area contributed by atoms with Gasteiger partial charge in [0, 0.05) is 23.9 Å². The molecule has 0 radical (unpaired) electrons. The Balaban J connectivity index is 2.10. The van der Waals surface area contributed by atoms with Gasteiger partial charge >= 0.3 is 0 Å². The lowest BCUT2D eigenvalue weighted by Gasteiger charge is -2.16. The van der Waals surface area contributed by atoms with E-state index in [1.54, 1.807) is 19.2 Å². The van der Waals surface area contributed by atoms with Crippen LogP contribution in [0.2, 0.25) is 0 Å². The maximum atomic E-state index is 13.4. The van der Waals surface area contributed by atoms with Crippen LogP contribution < -0.4 is 5.32 Å². The van der Waals surface area contributed by atoms with Crippen LogP contribution in [0.25, 0.3) is 22.0 Å². The Morgan fingerprint density at radius 1 is 1.12 bits per heavy atom. The zero-order valence-corrected chi connectivity index (χ0v) is 13.3. The van der Waals surface area contributed by atoms with Crippen LogP contribution >= 0.6 is 0 Å². The molecule has 1 N–H and O–H groups in total. The van der Waals surface area contributed by atoms with Crippen molar-refractivity contribution in [1.29, 1.82) is 0 Å². The molecule has 0 atom stereocenters. The van der Waals surface area contributed by atoms with Crippen LogP contribution in [-0.4, -0.2) is 17.9 Å². The van der Waals surface area contributed by atoms with E-state index in [2.05, 4.69) is 5.32 Å². The summed E-state index contributed by atoms with van der Waals surface area (Å²) in [4.78, 5) is 17.4. The zero-order valence-electron chi connectivity index (χ0n) is 13.3. The summed E-state index contributed by atoms with van der Waals surface area (Å²) in [5, 5.41) is 3.65. The lowest BCUT2D eigenvalue weighted by Crippen LogP contribution is -2.21. The molecule has 24 heavy (non-hydrogen) atoms. The average Bonchev–Trinajstić information content (AvgIpc) is 3.45. The first kappa shape index (κ1) is 14.8. The van der Waals surface area contributed by atoms with Crippen LogP contribution in [0.3, 0.4) is 0 Å². The van der Waals surface area contributed by atoms with E-state index in [-0.39, 0.29) is 11.7 Å². The van der Waals surface area contributed by atoms with Crippen molar-refractivity contribution in [1.82, 2.24) is 10.3 Å². The number of aromatic nitrogens is 1. The van der Waals surface area contributed by atoms with Gasteiger partial charge in [0.15, 0.2) is 0 Å². The van der Waals surface area contributed by atoms with Gasteiger partial charge in [-0.15, -0.1) is 0 Å². The fourth-order valence-electron chi connectivity index (χ4n) is 3.15. The van der Waals surface area contributed by atoms with Gasteiger partial charge < -0.3 is 5.32 Å². The minimum Gasteiger partial charge on any atom is -0.355 e. The second kappa shape index (κ2) is 5.71. The van der Waals surface area contributed by atoms with Crippen LogP contribution in [0.1, 0.15) is 34.8 Å². The molecule has 0 bridgehead atoms.